The van der Waals surface area contributed by atoms with Crippen LogP contribution in [0.15, 0.2) is 36.9 Å². The van der Waals surface area contributed by atoms with Gasteiger partial charge in [-0.3, -0.25) is 0 Å². The van der Waals surface area contributed by atoms with Crippen LogP contribution in [-0.2, 0) is 11.0 Å². The molecule has 0 aliphatic rings. The first-order chi connectivity index (χ1) is 9.79. The van der Waals surface area contributed by atoms with Crippen LogP contribution in [0.2, 0.25) is 0 Å². The second-order valence-electron chi connectivity index (χ2n) is 3.86. The number of aliphatic carboxylic acids is 1. The minimum atomic E-state index is -4.49. The average molecular weight is 318 g/mol. The Morgan fingerprint density at radius 3 is 2.62 bits per heavy atom. The molecule has 1 rings (SSSR count). The molecule has 3 nitrogen and oxygen atoms in total. The van der Waals surface area contributed by atoms with Gasteiger partial charge in [-0.1, -0.05) is 12.7 Å². The fourth-order valence-electron chi connectivity index (χ4n) is 1.54. The highest BCUT2D eigenvalue weighted by atomic mass is 32.2. The van der Waals surface area contributed by atoms with E-state index >= 15 is 0 Å². The zero-order chi connectivity index (χ0) is 16.0. The number of hydrogen-bond acceptors (Lipinski definition) is 3. The molecule has 0 aliphatic heterocycles. The molecule has 0 spiro atoms. The highest BCUT2D eigenvalue weighted by molar-refractivity contribution is 8.07. The van der Waals surface area contributed by atoms with Crippen molar-refractivity contribution in [2.24, 2.45) is 0 Å². The van der Waals surface area contributed by atoms with E-state index in [4.69, 9.17) is 9.84 Å². The lowest BCUT2D eigenvalue weighted by atomic mass is 10.1. The second kappa shape index (κ2) is 7.21. The van der Waals surface area contributed by atoms with E-state index in [2.05, 4.69) is 6.58 Å². The lowest BCUT2D eigenvalue weighted by Gasteiger charge is -2.15. The van der Waals surface area contributed by atoms with Gasteiger partial charge in [0.15, 0.2) is 6.61 Å². The Hall–Kier alpha value is -1.89. The first-order valence-corrected chi connectivity index (χ1v) is 6.95. The number of ether oxygens (including phenoxy) is 1. The number of carbonyl (C=O) groups is 1. The minimum absolute atomic E-state index is 0.0767. The zero-order valence-electron chi connectivity index (χ0n) is 11.1. The van der Waals surface area contributed by atoms with Crippen LogP contribution in [0.4, 0.5) is 13.2 Å². The van der Waals surface area contributed by atoms with E-state index in [-0.39, 0.29) is 11.3 Å². The average Bonchev–Trinajstić information content (AvgIpc) is 2.41. The van der Waals surface area contributed by atoms with Crippen LogP contribution in [-0.4, -0.2) is 23.9 Å². The smallest absolute Gasteiger partial charge is 0.416 e. The van der Waals surface area contributed by atoms with Crippen molar-refractivity contribution in [1.29, 1.82) is 0 Å². The number of rotatable bonds is 6. The maximum Gasteiger partial charge on any atom is 0.416 e. The summed E-state index contributed by atoms with van der Waals surface area (Å²) >= 11 is 1.21. The number of hydrogen-bond donors (Lipinski definition) is 1. The summed E-state index contributed by atoms with van der Waals surface area (Å²) in [5, 5.41) is 8.61. The molecule has 0 bridgehead atoms. The molecule has 0 aromatic heterocycles. The van der Waals surface area contributed by atoms with Crippen LogP contribution in [0.25, 0.3) is 4.91 Å². The van der Waals surface area contributed by atoms with Gasteiger partial charge in [0, 0.05) is 10.5 Å². The fourth-order valence-corrected chi connectivity index (χ4v) is 2.15. The van der Waals surface area contributed by atoms with Crippen molar-refractivity contribution in [2.45, 2.75) is 6.18 Å². The Balaban J connectivity index is 3.33. The lowest BCUT2D eigenvalue weighted by molar-refractivity contribution is -0.140. The summed E-state index contributed by atoms with van der Waals surface area (Å²) in [6, 6.07) is 2.91. The van der Waals surface area contributed by atoms with Gasteiger partial charge in [0.25, 0.3) is 0 Å². The van der Waals surface area contributed by atoms with Crippen molar-refractivity contribution in [3.8, 4) is 5.75 Å². The summed E-state index contributed by atoms with van der Waals surface area (Å²) in [4.78, 5) is 11.0. The van der Waals surface area contributed by atoms with Gasteiger partial charge in [-0.25, -0.2) is 4.79 Å². The van der Waals surface area contributed by atoms with E-state index in [0.29, 0.717) is 4.91 Å². The normalized spacial score (nSPS) is 12.1. The van der Waals surface area contributed by atoms with Crippen LogP contribution < -0.4 is 4.74 Å². The molecule has 0 saturated carbocycles. The molecule has 0 heterocycles. The lowest BCUT2D eigenvalue weighted by Crippen LogP contribution is -2.11. The number of allylic oxidation sites excluding steroid dienone is 2. The van der Waals surface area contributed by atoms with Crippen LogP contribution in [0.5, 0.6) is 5.75 Å². The zero-order valence-corrected chi connectivity index (χ0v) is 11.9. The third kappa shape index (κ3) is 4.86. The van der Waals surface area contributed by atoms with Crippen molar-refractivity contribution in [1.82, 2.24) is 0 Å². The summed E-state index contributed by atoms with van der Waals surface area (Å²) in [5.74, 6) is -1.13. The second-order valence-corrected chi connectivity index (χ2v) is 4.71. The SMILES string of the molecule is C=C/C=C(\SC)c1cc(C(F)(F)F)ccc1OCC(=O)O. The van der Waals surface area contributed by atoms with Gasteiger partial charge in [0.1, 0.15) is 5.75 Å². The number of thioether (sulfide) groups is 1. The molecule has 0 aliphatic carbocycles. The molecule has 1 aromatic carbocycles. The van der Waals surface area contributed by atoms with Gasteiger partial charge in [-0.15, -0.1) is 11.8 Å². The van der Waals surface area contributed by atoms with Crippen LogP contribution >= 0.6 is 11.8 Å². The molecule has 1 aromatic rings. The predicted molar refractivity (Wildman–Crippen MR) is 76.3 cm³/mol. The minimum Gasteiger partial charge on any atom is -0.481 e. The summed E-state index contributed by atoms with van der Waals surface area (Å²) < 4.78 is 43.4. The maximum absolute atomic E-state index is 12.8. The molecule has 0 saturated heterocycles. The number of halogens is 3. The van der Waals surface area contributed by atoms with Gasteiger partial charge in [0.2, 0.25) is 0 Å². The topological polar surface area (TPSA) is 46.5 Å². The molecule has 0 amide bonds. The number of alkyl halides is 3. The van der Waals surface area contributed by atoms with Crippen molar-refractivity contribution < 1.29 is 27.8 Å². The van der Waals surface area contributed by atoms with Crippen LogP contribution in [0.1, 0.15) is 11.1 Å². The molecule has 114 valence electrons. The first kappa shape index (κ1) is 17.2. The van der Waals surface area contributed by atoms with Crippen LogP contribution in [0.3, 0.4) is 0 Å². The molecule has 1 N–H and O–H groups in total. The highest BCUT2D eigenvalue weighted by Gasteiger charge is 2.31. The third-order valence-corrected chi connectivity index (χ3v) is 3.21. The molecule has 21 heavy (non-hydrogen) atoms. The Kier molecular flexibility index (Phi) is 5.90. The van der Waals surface area contributed by atoms with Crippen molar-refractivity contribution >= 4 is 22.6 Å². The number of carboxylic acid groups (broad SMARTS) is 1. The van der Waals surface area contributed by atoms with E-state index in [1.165, 1.54) is 23.9 Å². The van der Waals surface area contributed by atoms with E-state index in [9.17, 15) is 18.0 Å². The molecule has 7 heteroatoms. The molecular formula is C14H13F3O3S. The summed E-state index contributed by atoms with van der Waals surface area (Å²) in [6.45, 7) is 2.87. The molecule has 0 radical (unpaired) electrons. The molecular weight excluding hydrogens is 305 g/mol. The Labute approximate surface area is 124 Å². The van der Waals surface area contributed by atoms with Gasteiger partial charge in [-0.05, 0) is 30.5 Å². The van der Waals surface area contributed by atoms with Gasteiger partial charge >= 0.3 is 12.1 Å². The number of benzene rings is 1. The van der Waals surface area contributed by atoms with Crippen molar-refractivity contribution in [3.05, 3.63) is 48.1 Å². The first-order valence-electron chi connectivity index (χ1n) is 5.72. The monoisotopic (exact) mass is 318 g/mol. The Bertz CT molecular complexity index is 565. The van der Waals surface area contributed by atoms with E-state index < -0.39 is 24.3 Å². The van der Waals surface area contributed by atoms with Crippen molar-refractivity contribution in [2.75, 3.05) is 12.9 Å². The predicted octanol–water partition coefficient (Wildman–Crippen LogP) is 4.06. The van der Waals surface area contributed by atoms with Gasteiger partial charge in [0.05, 0.1) is 5.56 Å². The Morgan fingerprint density at radius 1 is 1.48 bits per heavy atom. The van der Waals surface area contributed by atoms with E-state index in [1.54, 1.807) is 6.26 Å². The van der Waals surface area contributed by atoms with E-state index in [0.717, 1.165) is 18.2 Å². The largest absolute Gasteiger partial charge is 0.481 e. The van der Waals surface area contributed by atoms with Gasteiger partial charge in [-0.2, -0.15) is 13.2 Å². The molecule has 0 fully saturated rings. The summed E-state index contributed by atoms with van der Waals surface area (Å²) in [6.07, 6.45) is 0.176. The fraction of sp³-hybridized carbons (Fsp3) is 0.214. The van der Waals surface area contributed by atoms with E-state index in [1.807, 2.05) is 0 Å². The summed E-state index contributed by atoms with van der Waals surface area (Å²) in [7, 11) is 0. The summed E-state index contributed by atoms with van der Waals surface area (Å²) in [5.41, 5.74) is -0.650. The number of carboxylic acids is 1. The molecule has 0 unspecified atom stereocenters. The standard InChI is InChI=1S/C14H13F3O3S/c1-3-4-12(21-2)10-7-9(14(15,16)17)5-6-11(10)20-8-13(18)19/h3-7H,1,8H2,2H3,(H,18,19)/b12-4-. The quantitative estimate of drug-likeness (QED) is 0.804. The maximum atomic E-state index is 12.8. The Morgan fingerprint density at radius 2 is 2.14 bits per heavy atom. The highest BCUT2D eigenvalue weighted by Crippen LogP contribution is 2.38. The van der Waals surface area contributed by atoms with Crippen LogP contribution in [0, 0.1) is 0 Å². The molecule has 0 atom stereocenters. The third-order valence-electron chi connectivity index (χ3n) is 2.41. The van der Waals surface area contributed by atoms with Crippen molar-refractivity contribution in [3.63, 3.8) is 0 Å². The van der Waals surface area contributed by atoms with Gasteiger partial charge < -0.3 is 9.84 Å².